The summed E-state index contributed by atoms with van der Waals surface area (Å²) in [5.74, 6) is 0.110. The van der Waals surface area contributed by atoms with Crippen LogP contribution in [0, 0.1) is 0 Å². The van der Waals surface area contributed by atoms with E-state index in [1.807, 2.05) is 42.5 Å². The molecule has 0 saturated carbocycles. The van der Waals surface area contributed by atoms with Crippen LogP contribution in [0.15, 0.2) is 54.9 Å². The van der Waals surface area contributed by atoms with Crippen LogP contribution in [0.4, 0.5) is 0 Å². The van der Waals surface area contributed by atoms with Gasteiger partial charge in [-0.1, -0.05) is 36.4 Å². The van der Waals surface area contributed by atoms with E-state index in [2.05, 4.69) is 4.98 Å². The van der Waals surface area contributed by atoms with Crippen molar-refractivity contribution >= 4 is 16.6 Å². The Labute approximate surface area is 104 Å². The van der Waals surface area contributed by atoms with Gasteiger partial charge in [-0.15, -0.1) is 0 Å². The van der Waals surface area contributed by atoms with Crippen LogP contribution in [-0.2, 0) is 0 Å². The second-order valence-corrected chi connectivity index (χ2v) is 4.46. The number of hydrogen-bond acceptors (Lipinski definition) is 2. The summed E-state index contributed by atoms with van der Waals surface area (Å²) in [6.45, 7) is 0. The molecule has 2 aromatic carbocycles. The average molecular weight is 231 g/mol. The molecule has 2 heteroatoms. The maximum Gasteiger partial charge on any atom is 0.194 e. The summed E-state index contributed by atoms with van der Waals surface area (Å²) in [5.41, 5.74) is 3.64. The summed E-state index contributed by atoms with van der Waals surface area (Å²) in [7, 11) is 0. The maximum absolute atomic E-state index is 12.5. The van der Waals surface area contributed by atoms with Crippen LogP contribution in [0.3, 0.4) is 0 Å². The SMILES string of the molecule is O=C1c2ccccc2-c2ccc3ccncc3c21. The van der Waals surface area contributed by atoms with Crippen LogP contribution in [-0.4, -0.2) is 10.8 Å². The molecule has 1 aliphatic carbocycles. The van der Waals surface area contributed by atoms with Crippen molar-refractivity contribution in [1.29, 1.82) is 0 Å². The number of nitrogens with zero attached hydrogens (tertiary/aromatic N) is 1. The summed E-state index contributed by atoms with van der Waals surface area (Å²) in [5, 5.41) is 2.00. The monoisotopic (exact) mass is 231 g/mol. The minimum atomic E-state index is 0.110. The molecule has 0 saturated heterocycles. The second-order valence-electron chi connectivity index (χ2n) is 4.46. The van der Waals surface area contributed by atoms with Crippen LogP contribution >= 0.6 is 0 Å². The molecule has 18 heavy (non-hydrogen) atoms. The normalized spacial score (nSPS) is 12.6. The molecule has 0 unspecified atom stereocenters. The standard InChI is InChI=1S/C16H9NO/c18-16-13-4-2-1-3-11(13)12-6-5-10-7-8-17-9-14(10)15(12)16/h1-9H. The van der Waals surface area contributed by atoms with E-state index in [1.54, 1.807) is 12.4 Å². The third-order valence-corrected chi connectivity index (χ3v) is 3.51. The quantitative estimate of drug-likeness (QED) is 0.464. The fraction of sp³-hybridized carbons (Fsp3) is 0. The Bertz CT molecular complexity index is 805. The van der Waals surface area contributed by atoms with Gasteiger partial charge in [0.05, 0.1) is 0 Å². The van der Waals surface area contributed by atoms with Gasteiger partial charge in [-0.05, 0) is 22.6 Å². The maximum atomic E-state index is 12.5. The Balaban J connectivity index is 2.18. The third kappa shape index (κ3) is 1.07. The number of benzene rings is 2. The number of pyridine rings is 1. The van der Waals surface area contributed by atoms with Crippen LogP contribution in [0.1, 0.15) is 15.9 Å². The van der Waals surface area contributed by atoms with Crippen molar-refractivity contribution in [2.24, 2.45) is 0 Å². The van der Waals surface area contributed by atoms with Crippen LogP contribution < -0.4 is 0 Å². The molecular formula is C16H9NO. The van der Waals surface area contributed by atoms with E-state index in [1.165, 1.54) is 0 Å². The number of aromatic nitrogens is 1. The van der Waals surface area contributed by atoms with Crippen molar-refractivity contribution in [3.63, 3.8) is 0 Å². The summed E-state index contributed by atoms with van der Waals surface area (Å²) >= 11 is 0. The summed E-state index contributed by atoms with van der Waals surface area (Å²) in [4.78, 5) is 16.6. The topological polar surface area (TPSA) is 30.0 Å². The lowest BCUT2D eigenvalue weighted by atomic mass is 10.0. The van der Waals surface area contributed by atoms with E-state index in [-0.39, 0.29) is 5.78 Å². The third-order valence-electron chi connectivity index (χ3n) is 3.51. The minimum Gasteiger partial charge on any atom is -0.289 e. The van der Waals surface area contributed by atoms with E-state index in [9.17, 15) is 4.79 Å². The van der Waals surface area contributed by atoms with Crippen LogP contribution in [0.2, 0.25) is 0 Å². The van der Waals surface area contributed by atoms with E-state index >= 15 is 0 Å². The zero-order valence-electron chi connectivity index (χ0n) is 9.55. The van der Waals surface area contributed by atoms with Crippen molar-refractivity contribution < 1.29 is 4.79 Å². The molecule has 0 N–H and O–H groups in total. The highest BCUT2D eigenvalue weighted by Gasteiger charge is 2.27. The van der Waals surface area contributed by atoms with E-state index in [0.717, 1.165) is 33.0 Å². The lowest BCUT2D eigenvalue weighted by molar-refractivity contribution is 0.104. The Morgan fingerprint density at radius 3 is 2.56 bits per heavy atom. The number of rotatable bonds is 0. The molecular weight excluding hydrogens is 222 g/mol. The Kier molecular flexibility index (Phi) is 1.73. The molecule has 1 heterocycles. The molecule has 0 amide bonds. The molecule has 0 fully saturated rings. The number of carbonyl (C=O) groups excluding carboxylic acids is 1. The van der Waals surface area contributed by atoms with Gasteiger partial charge in [0.1, 0.15) is 0 Å². The zero-order chi connectivity index (χ0) is 12.1. The molecule has 3 aromatic rings. The fourth-order valence-corrected chi connectivity index (χ4v) is 2.68. The van der Waals surface area contributed by atoms with Gasteiger partial charge in [-0.2, -0.15) is 0 Å². The molecule has 0 atom stereocenters. The van der Waals surface area contributed by atoms with Crippen LogP contribution in [0.5, 0.6) is 0 Å². The smallest absolute Gasteiger partial charge is 0.194 e. The molecule has 0 aliphatic heterocycles. The molecule has 0 spiro atoms. The van der Waals surface area contributed by atoms with Gasteiger partial charge in [0.2, 0.25) is 0 Å². The average Bonchev–Trinajstić information content (AvgIpc) is 2.73. The van der Waals surface area contributed by atoms with Crippen molar-refractivity contribution in [2.45, 2.75) is 0 Å². The van der Waals surface area contributed by atoms with Gasteiger partial charge in [0.25, 0.3) is 0 Å². The summed E-state index contributed by atoms with van der Waals surface area (Å²) in [6, 6.07) is 13.8. The van der Waals surface area contributed by atoms with Gasteiger partial charge >= 0.3 is 0 Å². The van der Waals surface area contributed by atoms with Crippen molar-refractivity contribution in [2.75, 3.05) is 0 Å². The molecule has 0 radical (unpaired) electrons. The van der Waals surface area contributed by atoms with Crippen LogP contribution in [0.25, 0.3) is 21.9 Å². The second kappa shape index (κ2) is 3.26. The Morgan fingerprint density at radius 2 is 1.67 bits per heavy atom. The molecule has 0 bridgehead atoms. The van der Waals surface area contributed by atoms with E-state index in [0.29, 0.717) is 0 Å². The first-order valence-electron chi connectivity index (χ1n) is 5.87. The molecule has 84 valence electrons. The first-order chi connectivity index (χ1) is 8.86. The molecule has 1 aliphatic rings. The Hall–Kier alpha value is -2.48. The van der Waals surface area contributed by atoms with Gasteiger partial charge in [0, 0.05) is 28.9 Å². The lowest BCUT2D eigenvalue weighted by Crippen LogP contribution is -1.96. The van der Waals surface area contributed by atoms with Crippen molar-refractivity contribution in [3.8, 4) is 11.1 Å². The fourth-order valence-electron chi connectivity index (χ4n) is 2.68. The predicted molar refractivity (Wildman–Crippen MR) is 70.6 cm³/mol. The van der Waals surface area contributed by atoms with Gasteiger partial charge in [-0.3, -0.25) is 9.78 Å². The molecule has 2 nitrogen and oxygen atoms in total. The van der Waals surface area contributed by atoms with Gasteiger partial charge in [-0.25, -0.2) is 0 Å². The van der Waals surface area contributed by atoms with Crippen molar-refractivity contribution in [1.82, 2.24) is 4.98 Å². The van der Waals surface area contributed by atoms with E-state index < -0.39 is 0 Å². The summed E-state index contributed by atoms with van der Waals surface area (Å²) in [6.07, 6.45) is 3.53. The van der Waals surface area contributed by atoms with Crippen molar-refractivity contribution in [3.05, 3.63) is 66.0 Å². The molecule has 4 rings (SSSR count). The van der Waals surface area contributed by atoms with Gasteiger partial charge in [0.15, 0.2) is 5.78 Å². The van der Waals surface area contributed by atoms with Gasteiger partial charge < -0.3 is 0 Å². The number of carbonyl (C=O) groups is 1. The minimum absolute atomic E-state index is 0.110. The largest absolute Gasteiger partial charge is 0.289 e. The van der Waals surface area contributed by atoms with E-state index in [4.69, 9.17) is 0 Å². The lowest BCUT2D eigenvalue weighted by Gasteiger charge is -2.03. The highest BCUT2D eigenvalue weighted by molar-refractivity contribution is 6.27. The summed E-state index contributed by atoms with van der Waals surface area (Å²) < 4.78 is 0. The highest BCUT2D eigenvalue weighted by atomic mass is 16.1. The first-order valence-corrected chi connectivity index (χ1v) is 5.87. The predicted octanol–water partition coefficient (Wildman–Crippen LogP) is 3.45. The first kappa shape index (κ1) is 9.54. The number of fused-ring (bicyclic) bond motifs is 5. The molecule has 1 aromatic heterocycles. The zero-order valence-corrected chi connectivity index (χ0v) is 9.55. The number of hydrogen-bond donors (Lipinski definition) is 0. The number of ketones is 1. The Morgan fingerprint density at radius 1 is 0.833 bits per heavy atom. The highest BCUT2D eigenvalue weighted by Crippen LogP contribution is 2.39.